The summed E-state index contributed by atoms with van der Waals surface area (Å²) >= 11 is 0. The van der Waals surface area contributed by atoms with E-state index in [1.807, 2.05) is 4.90 Å². The van der Waals surface area contributed by atoms with Gasteiger partial charge in [0, 0.05) is 25.3 Å². The fraction of sp³-hybridized carbons (Fsp3) is 0.500. The number of rotatable bonds is 4. The average Bonchev–Trinajstić information content (AvgIpc) is 2.77. The van der Waals surface area contributed by atoms with Gasteiger partial charge in [0.05, 0.1) is 5.69 Å². The molecule has 1 fully saturated rings. The normalized spacial score (nSPS) is 19.3. The third-order valence-electron chi connectivity index (χ3n) is 3.51. The van der Waals surface area contributed by atoms with Crippen molar-refractivity contribution < 1.29 is 14.3 Å². The Balaban J connectivity index is 2.26. The lowest BCUT2D eigenvalue weighted by Crippen LogP contribution is -2.23. The Morgan fingerprint density at radius 2 is 2.33 bits per heavy atom. The van der Waals surface area contributed by atoms with E-state index in [9.17, 15) is 9.18 Å². The third-order valence-corrected chi connectivity index (χ3v) is 3.51. The van der Waals surface area contributed by atoms with E-state index in [-0.39, 0.29) is 18.2 Å². The van der Waals surface area contributed by atoms with E-state index in [1.165, 1.54) is 13.0 Å². The highest BCUT2D eigenvalue weighted by Crippen LogP contribution is 2.31. The van der Waals surface area contributed by atoms with Crippen molar-refractivity contribution in [3.05, 3.63) is 29.6 Å². The van der Waals surface area contributed by atoms with E-state index in [1.54, 1.807) is 12.1 Å². The molecule has 3 nitrogen and oxygen atoms in total. The van der Waals surface area contributed by atoms with Gasteiger partial charge in [-0.25, -0.2) is 4.39 Å². The monoisotopic (exact) mass is 251 g/mol. The lowest BCUT2D eigenvalue weighted by Gasteiger charge is -2.21. The number of ketones is 1. The Bertz CT molecular complexity index is 447. The predicted octanol–water partition coefficient (Wildman–Crippen LogP) is 2.24. The molecule has 2 rings (SSSR count). The standard InChI is InChI=1S/C14H18FNO2/c1-10(18)12-3-2-4-13(15)14(12)16-7-5-11(9-16)6-8-17/h2-4,11,17H,5-9H2,1H3. The van der Waals surface area contributed by atoms with Crippen LogP contribution in [0.1, 0.15) is 30.1 Å². The quantitative estimate of drug-likeness (QED) is 0.834. The minimum atomic E-state index is -0.340. The van der Waals surface area contributed by atoms with Crippen LogP contribution in [-0.4, -0.2) is 30.6 Å². The van der Waals surface area contributed by atoms with E-state index in [2.05, 4.69) is 0 Å². The van der Waals surface area contributed by atoms with Gasteiger partial charge in [0.1, 0.15) is 5.82 Å². The average molecular weight is 251 g/mol. The minimum Gasteiger partial charge on any atom is -0.396 e. The predicted molar refractivity (Wildman–Crippen MR) is 68.4 cm³/mol. The molecule has 18 heavy (non-hydrogen) atoms. The van der Waals surface area contributed by atoms with Crippen molar-refractivity contribution in [1.82, 2.24) is 0 Å². The Labute approximate surface area is 106 Å². The van der Waals surface area contributed by atoms with E-state index in [0.717, 1.165) is 19.4 Å². The summed E-state index contributed by atoms with van der Waals surface area (Å²) in [5, 5.41) is 8.93. The van der Waals surface area contributed by atoms with Crippen LogP contribution in [0, 0.1) is 11.7 Å². The summed E-state index contributed by atoms with van der Waals surface area (Å²) in [6.07, 6.45) is 1.67. The smallest absolute Gasteiger partial charge is 0.161 e. The largest absolute Gasteiger partial charge is 0.396 e. The van der Waals surface area contributed by atoms with Gasteiger partial charge < -0.3 is 10.0 Å². The first-order valence-electron chi connectivity index (χ1n) is 6.28. The molecule has 1 atom stereocenters. The number of Topliss-reactive ketones (excluding diaryl/α,β-unsaturated/α-hetero) is 1. The zero-order valence-corrected chi connectivity index (χ0v) is 10.5. The molecule has 1 heterocycles. The molecule has 0 saturated carbocycles. The van der Waals surface area contributed by atoms with Gasteiger partial charge in [0.2, 0.25) is 0 Å². The number of aliphatic hydroxyl groups is 1. The van der Waals surface area contributed by atoms with Gasteiger partial charge >= 0.3 is 0 Å². The molecule has 0 radical (unpaired) electrons. The number of nitrogens with zero attached hydrogens (tertiary/aromatic N) is 1. The van der Waals surface area contributed by atoms with Crippen LogP contribution >= 0.6 is 0 Å². The van der Waals surface area contributed by atoms with Crippen LogP contribution in [-0.2, 0) is 0 Å². The van der Waals surface area contributed by atoms with Crippen LogP contribution in [0.2, 0.25) is 0 Å². The molecule has 1 saturated heterocycles. The SMILES string of the molecule is CC(=O)c1cccc(F)c1N1CCC(CCO)C1. The summed E-state index contributed by atoms with van der Waals surface area (Å²) in [7, 11) is 0. The fourth-order valence-corrected chi connectivity index (χ4v) is 2.57. The molecule has 0 aliphatic carbocycles. The maximum absolute atomic E-state index is 13.9. The van der Waals surface area contributed by atoms with Crippen molar-refractivity contribution in [3.8, 4) is 0 Å². The number of benzene rings is 1. The maximum Gasteiger partial charge on any atom is 0.161 e. The van der Waals surface area contributed by atoms with Crippen LogP contribution < -0.4 is 4.90 Å². The molecule has 1 aliphatic heterocycles. The van der Waals surface area contributed by atoms with Crippen LogP contribution in [0.3, 0.4) is 0 Å². The first-order chi connectivity index (χ1) is 8.63. The number of halogens is 1. The summed E-state index contributed by atoms with van der Waals surface area (Å²) in [6.45, 7) is 3.07. The topological polar surface area (TPSA) is 40.5 Å². The molecule has 1 N–H and O–H groups in total. The van der Waals surface area contributed by atoms with E-state index < -0.39 is 0 Å². The van der Waals surface area contributed by atoms with E-state index >= 15 is 0 Å². The number of para-hydroxylation sites is 1. The van der Waals surface area contributed by atoms with Crippen molar-refractivity contribution in [2.75, 3.05) is 24.6 Å². The van der Waals surface area contributed by atoms with Crippen molar-refractivity contribution in [2.24, 2.45) is 5.92 Å². The first kappa shape index (κ1) is 13.0. The highest BCUT2D eigenvalue weighted by atomic mass is 19.1. The first-order valence-corrected chi connectivity index (χ1v) is 6.28. The molecule has 98 valence electrons. The van der Waals surface area contributed by atoms with Crippen LogP contribution in [0.5, 0.6) is 0 Å². The van der Waals surface area contributed by atoms with Gasteiger partial charge in [0.25, 0.3) is 0 Å². The number of aliphatic hydroxyl groups excluding tert-OH is 1. The third kappa shape index (κ3) is 2.53. The van der Waals surface area contributed by atoms with Gasteiger partial charge in [-0.05, 0) is 37.8 Å². The lowest BCUT2D eigenvalue weighted by atomic mass is 10.1. The zero-order valence-electron chi connectivity index (χ0n) is 10.5. The number of carbonyl (C=O) groups excluding carboxylic acids is 1. The molecule has 0 spiro atoms. The summed E-state index contributed by atoms with van der Waals surface area (Å²) in [6, 6.07) is 4.62. The summed E-state index contributed by atoms with van der Waals surface area (Å²) in [5.41, 5.74) is 0.866. The Kier molecular flexibility index (Phi) is 3.97. The van der Waals surface area contributed by atoms with E-state index in [0.29, 0.717) is 23.7 Å². The van der Waals surface area contributed by atoms with Gasteiger partial charge in [-0.2, -0.15) is 0 Å². The highest BCUT2D eigenvalue weighted by Gasteiger charge is 2.26. The number of hydrogen-bond donors (Lipinski definition) is 1. The van der Waals surface area contributed by atoms with Gasteiger partial charge in [-0.3, -0.25) is 4.79 Å². The maximum atomic E-state index is 13.9. The summed E-state index contributed by atoms with van der Waals surface area (Å²) in [4.78, 5) is 13.5. The molecule has 0 aromatic heterocycles. The molecular formula is C14H18FNO2. The molecule has 1 unspecified atom stereocenters. The van der Waals surface area contributed by atoms with Crippen LogP contribution in [0.4, 0.5) is 10.1 Å². The van der Waals surface area contributed by atoms with E-state index in [4.69, 9.17) is 5.11 Å². The summed E-state index contributed by atoms with van der Waals surface area (Å²) < 4.78 is 13.9. The molecule has 1 aromatic carbocycles. The second-order valence-electron chi connectivity index (χ2n) is 4.81. The van der Waals surface area contributed by atoms with Crippen molar-refractivity contribution >= 4 is 11.5 Å². The second kappa shape index (κ2) is 5.48. The Morgan fingerprint density at radius 3 is 3.00 bits per heavy atom. The number of anilines is 1. The molecule has 1 aromatic rings. The van der Waals surface area contributed by atoms with Crippen LogP contribution in [0.15, 0.2) is 18.2 Å². The molecule has 1 aliphatic rings. The lowest BCUT2D eigenvalue weighted by molar-refractivity contribution is 0.101. The molecule has 0 amide bonds. The Hall–Kier alpha value is -1.42. The molecule has 0 bridgehead atoms. The zero-order chi connectivity index (χ0) is 13.1. The molecular weight excluding hydrogens is 233 g/mol. The van der Waals surface area contributed by atoms with Gasteiger partial charge in [-0.1, -0.05) is 6.07 Å². The van der Waals surface area contributed by atoms with Crippen molar-refractivity contribution in [3.63, 3.8) is 0 Å². The molecule has 4 heteroatoms. The Morgan fingerprint density at radius 1 is 1.56 bits per heavy atom. The number of hydrogen-bond acceptors (Lipinski definition) is 3. The van der Waals surface area contributed by atoms with Crippen molar-refractivity contribution in [1.29, 1.82) is 0 Å². The van der Waals surface area contributed by atoms with Crippen molar-refractivity contribution in [2.45, 2.75) is 19.8 Å². The summed E-state index contributed by atoms with van der Waals surface area (Å²) in [5.74, 6) is -0.0723. The second-order valence-corrected chi connectivity index (χ2v) is 4.81. The fourth-order valence-electron chi connectivity index (χ4n) is 2.57. The van der Waals surface area contributed by atoms with Crippen LogP contribution in [0.25, 0.3) is 0 Å². The van der Waals surface area contributed by atoms with Gasteiger partial charge in [0.15, 0.2) is 5.78 Å². The van der Waals surface area contributed by atoms with Gasteiger partial charge in [-0.15, -0.1) is 0 Å². The number of carbonyl (C=O) groups is 1. The minimum absolute atomic E-state index is 0.116. The highest BCUT2D eigenvalue weighted by molar-refractivity contribution is 5.99.